The summed E-state index contributed by atoms with van der Waals surface area (Å²) in [6, 6.07) is 11.0. The smallest absolute Gasteiger partial charge is 0.236 e. The monoisotopic (exact) mass is 301 g/mol. The first-order valence-corrected chi connectivity index (χ1v) is 8.62. The lowest BCUT2D eigenvalue weighted by Gasteiger charge is -2.42. The van der Waals surface area contributed by atoms with Crippen LogP contribution in [0.4, 0.5) is 0 Å². The molecule has 1 unspecified atom stereocenters. The van der Waals surface area contributed by atoms with Crippen molar-refractivity contribution in [1.29, 1.82) is 0 Å². The minimum absolute atomic E-state index is 0.120. The first kappa shape index (κ1) is 15.5. The maximum atomic E-state index is 11.8. The van der Waals surface area contributed by atoms with Crippen LogP contribution in [0.1, 0.15) is 50.5 Å². The molecule has 22 heavy (non-hydrogen) atoms. The quantitative estimate of drug-likeness (QED) is 0.909. The Morgan fingerprint density at radius 2 is 1.82 bits per heavy atom. The predicted octanol–water partition coefficient (Wildman–Crippen LogP) is 2.69. The van der Waals surface area contributed by atoms with E-state index in [1.54, 1.807) is 0 Å². The number of nitrogens with zero attached hydrogens (tertiary/aromatic N) is 2. The molecule has 0 spiro atoms. The van der Waals surface area contributed by atoms with E-state index in [1.165, 1.54) is 37.7 Å². The summed E-state index contributed by atoms with van der Waals surface area (Å²) in [5.41, 5.74) is 6.95. The Bertz CT molecular complexity index is 484. The molecule has 1 saturated carbocycles. The van der Waals surface area contributed by atoms with Crippen LogP contribution in [0.25, 0.3) is 0 Å². The van der Waals surface area contributed by atoms with E-state index in [0.717, 1.165) is 25.9 Å². The first-order chi connectivity index (χ1) is 10.8. The molecular weight excluding hydrogens is 274 g/mol. The van der Waals surface area contributed by atoms with Gasteiger partial charge in [0.25, 0.3) is 0 Å². The van der Waals surface area contributed by atoms with Crippen molar-refractivity contribution in [3.63, 3.8) is 0 Å². The van der Waals surface area contributed by atoms with Gasteiger partial charge in [0, 0.05) is 19.1 Å². The van der Waals surface area contributed by atoms with E-state index in [-0.39, 0.29) is 11.9 Å². The van der Waals surface area contributed by atoms with Crippen LogP contribution in [0.5, 0.6) is 0 Å². The molecule has 1 aromatic rings. The molecule has 3 rings (SSSR count). The summed E-state index contributed by atoms with van der Waals surface area (Å²) in [4.78, 5) is 11.8. The average Bonchev–Trinajstić information content (AvgIpc) is 3.04. The SMILES string of the molecule is NC(=O)C1CCCN1N(Cc1ccccc1)C1CCCCC1. The summed E-state index contributed by atoms with van der Waals surface area (Å²) in [7, 11) is 0. The van der Waals surface area contributed by atoms with Gasteiger partial charge in [0.2, 0.25) is 5.91 Å². The maximum Gasteiger partial charge on any atom is 0.236 e. The Balaban J connectivity index is 1.80. The molecule has 1 saturated heterocycles. The molecule has 4 nitrogen and oxygen atoms in total. The lowest BCUT2D eigenvalue weighted by atomic mass is 9.94. The normalized spacial score (nSPS) is 24.0. The van der Waals surface area contributed by atoms with Gasteiger partial charge < -0.3 is 5.73 Å². The van der Waals surface area contributed by atoms with Gasteiger partial charge in [-0.15, -0.1) is 0 Å². The summed E-state index contributed by atoms with van der Waals surface area (Å²) in [6.45, 7) is 1.84. The van der Waals surface area contributed by atoms with Gasteiger partial charge in [0.05, 0.1) is 0 Å². The topological polar surface area (TPSA) is 49.6 Å². The zero-order valence-corrected chi connectivity index (χ0v) is 13.3. The standard InChI is InChI=1S/C18H27N3O/c19-18(22)17-12-7-13-20(17)21(16-10-5-2-6-11-16)14-15-8-3-1-4-9-15/h1,3-4,8-9,16-17H,2,5-7,10-14H2,(H2,19,22). The van der Waals surface area contributed by atoms with Crippen LogP contribution in [0.3, 0.4) is 0 Å². The molecule has 1 aromatic carbocycles. The highest BCUT2D eigenvalue weighted by Gasteiger charge is 2.36. The van der Waals surface area contributed by atoms with Crippen molar-refractivity contribution in [3.05, 3.63) is 35.9 Å². The second-order valence-electron chi connectivity index (χ2n) is 6.60. The zero-order valence-electron chi connectivity index (χ0n) is 13.3. The molecular formula is C18H27N3O. The maximum absolute atomic E-state index is 11.8. The van der Waals surface area contributed by atoms with Gasteiger partial charge in [-0.2, -0.15) is 0 Å². The van der Waals surface area contributed by atoms with Crippen molar-refractivity contribution in [2.45, 2.75) is 63.6 Å². The second-order valence-corrected chi connectivity index (χ2v) is 6.60. The highest BCUT2D eigenvalue weighted by atomic mass is 16.1. The Labute approximate surface area is 133 Å². The molecule has 2 fully saturated rings. The van der Waals surface area contributed by atoms with Gasteiger partial charge >= 0.3 is 0 Å². The minimum atomic E-state index is -0.175. The largest absolute Gasteiger partial charge is 0.368 e. The number of carbonyl (C=O) groups is 1. The highest BCUT2D eigenvalue weighted by molar-refractivity contribution is 5.80. The molecule has 1 heterocycles. The number of primary amides is 1. The number of benzene rings is 1. The Morgan fingerprint density at radius 3 is 2.50 bits per heavy atom. The molecule has 4 heteroatoms. The third-order valence-corrected chi connectivity index (χ3v) is 5.07. The van der Waals surface area contributed by atoms with Gasteiger partial charge in [-0.1, -0.05) is 49.6 Å². The molecule has 1 aliphatic heterocycles. The van der Waals surface area contributed by atoms with Crippen LogP contribution in [0.2, 0.25) is 0 Å². The van der Waals surface area contributed by atoms with Crippen molar-refractivity contribution in [2.75, 3.05) is 6.54 Å². The van der Waals surface area contributed by atoms with Crippen LogP contribution >= 0.6 is 0 Å². The van der Waals surface area contributed by atoms with Crippen molar-refractivity contribution in [3.8, 4) is 0 Å². The Morgan fingerprint density at radius 1 is 1.09 bits per heavy atom. The molecule has 1 atom stereocenters. The number of carbonyl (C=O) groups excluding carboxylic acids is 1. The van der Waals surface area contributed by atoms with Crippen LogP contribution < -0.4 is 5.73 Å². The average molecular weight is 301 g/mol. The number of rotatable bonds is 5. The molecule has 1 amide bonds. The summed E-state index contributed by atoms with van der Waals surface area (Å²) in [6.07, 6.45) is 8.35. The fourth-order valence-corrected chi connectivity index (χ4v) is 3.93. The van der Waals surface area contributed by atoms with Gasteiger partial charge in [-0.05, 0) is 31.2 Å². The summed E-state index contributed by atoms with van der Waals surface area (Å²) >= 11 is 0. The van der Waals surface area contributed by atoms with Crippen LogP contribution in [-0.2, 0) is 11.3 Å². The highest BCUT2D eigenvalue weighted by Crippen LogP contribution is 2.29. The second kappa shape index (κ2) is 7.25. The molecule has 0 aromatic heterocycles. The van der Waals surface area contributed by atoms with Crippen molar-refractivity contribution < 1.29 is 4.79 Å². The van der Waals surface area contributed by atoms with Crippen LogP contribution in [0, 0.1) is 0 Å². The molecule has 120 valence electrons. The van der Waals surface area contributed by atoms with E-state index in [4.69, 9.17) is 5.73 Å². The van der Waals surface area contributed by atoms with E-state index >= 15 is 0 Å². The van der Waals surface area contributed by atoms with E-state index in [2.05, 4.69) is 40.3 Å². The predicted molar refractivity (Wildman–Crippen MR) is 87.8 cm³/mol. The molecule has 1 aliphatic carbocycles. The number of hydrogen-bond donors (Lipinski definition) is 1. The third kappa shape index (κ3) is 3.50. The summed E-state index contributed by atoms with van der Waals surface area (Å²) in [5.74, 6) is -0.175. The number of hydrogen-bond acceptors (Lipinski definition) is 3. The van der Waals surface area contributed by atoms with E-state index in [1.807, 2.05) is 0 Å². The molecule has 0 bridgehead atoms. The third-order valence-electron chi connectivity index (χ3n) is 5.07. The van der Waals surface area contributed by atoms with E-state index < -0.39 is 0 Å². The van der Waals surface area contributed by atoms with Gasteiger partial charge in [-0.3, -0.25) is 4.79 Å². The summed E-state index contributed by atoms with van der Waals surface area (Å²) in [5, 5.41) is 4.72. The minimum Gasteiger partial charge on any atom is -0.368 e. The van der Waals surface area contributed by atoms with Gasteiger partial charge in [0.15, 0.2) is 0 Å². The van der Waals surface area contributed by atoms with Crippen molar-refractivity contribution in [1.82, 2.24) is 10.0 Å². The first-order valence-electron chi connectivity index (χ1n) is 8.62. The van der Waals surface area contributed by atoms with E-state index in [0.29, 0.717) is 6.04 Å². The molecule has 2 aliphatic rings. The lowest BCUT2D eigenvalue weighted by Crippen LogP contribution is -2.54. The van der Waals surface area contributed by atoms with Gasteiger partial charge in [-0.25, -0.2) is 10.0 Å². The molecule has 2 N–H and O–H groups in total. The number of nitrogens with two attached hydrogens (primary N) is 1. The zero-order chi connectivity index (χ0) is 15.4. The van der Waals surface area contributed by atoms with E-state index in [9.17, 15) is 4.79 Å². The Hall–Kier alpha value is -1.39. The van der Waals surface area contributed by atoms with Crippen LogP contribution in [-0.4, -0.2) is 34.6 Å². The number of amides is 1. The van der Waals surface area contributed by atoms with Crippen molar-refractivity contribution in [2.24, 2.45) is 5.73 Å². The number of hydrazine groups is 1. The van der Waals surface area contributed by atoms with Crippen molar-refractivity contribution >= 4 is 5.91 Å². The fraction of sp³-hybridized carbons (Fsp3) is 0.611. The van der Waals surface area contributed by atoms with Crippen LogP contribution in [0.15, 0.2) is 30.3 Å². The van der Waals surface area contributed by atoms with Gasteiger partial charge in [0.1, 0.15) is 6.04 Å². The lowest BCUT2D eigenvalue weighted by molar-refractivity contribution is -0.136. The fourth-order valence-electron chi connectivity index (χ4n) is 3.93. The summed E-state index contributed by atoms with van der Waals surface area (Å²) < 4.78 is 0. The Kier molecular flexibility index (Phi) is 5.11. The molecule has 0 radical (unpaired) electrons.